The highest BCUT2D eigenvalue weighted by molar-refractivity contribution is 8.17. The highest BCUT2D eigenvalue weighted by Crippen LogP contribution is 2.35. The summed E-state index contributed by atoms with van der Waals surface area (Å²) in [6, 6.07) is 11.0. The minimum Gasteiger partial charge on any atom is -0.268 e. The van der Waals surface area contributed by atoms with Gasteiger partial charge in [0.05, 0.1) is 0 Å². The first-order chi connectivity index (χ1) is 8.58. The van der Waals surface area contributed by atoms with Crippen LogP contribution < -0.4 is 0 Å². The molecule has 2 aromatic rings. The molecule has 2 aromatic carbocycles. The molecular formula is C12H6Cl2O2S2. The zero-order chi connectivity index (χ0) is 13.1. The van der Waals surface area contributed by atoms with Crippen molar-refractivity contribution in [2.45, 2.75) is 9.79 Å². The summed E-state index contributed by atoms with van der Waals surface area (Å²) in [7, 11) is 0. The number of rotatable bonds is 2. The highest BCUT2D eigenvalue weighted by Gasteiger charge is 2.10. The van der Waals surface area contributed by atoms with Crippen LogP contribution in [0, 0.1) is 0 Å². The first kappa shape index (κ1) is 13.7. The second-order valence-electron chi connectivity index (χ2n) is 3.29. The van der Waals surface area contributed by atoms with Gasteiger partial charge in [-0.1, -0.05) is 24.3 Å². The molecule has 92 valence electrons. The summed E-state index contributed by atoms with van der Waals surface area (Å²) >= 11 is 12.7. The molecule has 0 aliphatic heterocycles. The Balaban J connectivity index is 2.57. The summed E-state index contributed by atoms with van der Waals surface area (Å²) in [5.74, 6) is 0. The van der Waals surface area contributed by atoms with Gasteiger partial charge in [0.15, 0.2) is 0 Å². The summed E-state index contributed by atoms with van der Waals surface area (Å²) in [6.45, 7) is 0. The molecule has 0 radical (unpaired) electrons. The molecule has 6 heteroatoms. The Kier molecular flexibility index (Phi) is 4.56. The fraction of sp³-hybridized carbons (Fsp3) is 0. The minimum atomic E-state index is -0.492. The van der Waals surface area contributed by atoms with Crippen LogP contribution in [0.25, 0.3) is 10.8 Å². The van der Waals surface area contributed by atoms with Crippen LogP contribution >= 0.6 is 46.7 Å². The molecule has 2 rings (SSSR count). The molecule has 0 fully saturated rings. The van der Waals surface area contributed by atoms with Crippen LogP contribution in [0.15, 0.2) is 46.2 Å². The van der Waals surface area contributed by atoms with Crippen molar-refractivity contribution in [2.24, 2.45) is 0 Å². The molecule has 0 saturated carbocycles. The van der Waals surface area contributed by atoms with E-state index in [1.807, 2.05) is 36.4 Å². The van der Waals surface area contributed by atoms with Crippen LogP contribution in [-0.4, -0.2) is 9.15 Å². The number of benzene rings is 2. The lowest BCUT2D eigenvalue weighted by Crippen LogP contribution is -1.83. The van der Waals surface area contributed by atoms with E-state index in [2.05, 4.69) is 0 Å². The van der Waals surface area contributed by atoms with Gasteiger partial charge in [-0.15, -0.1) is 0 Å². The van der Waals surface area contributed by atoms with Crippen molar-refractivity contribution in [3.63, 3.8) is 0 Å². The van der Waals surface area contributed by atoms with Crippen molar-refractivity contribution < 1.29 is 9.59 Å². The van der Waals surface area contributed by atoms with Gasteiger partial charge in [0.1, 0.15) is 0 Å². The van der Waals surface area contributed by atoms with E-state index in [0.717, 1.165) is 44.1 Å². The van der Waals surface area contributed by atoms with Gasteiger partial charge in [-0.3, -0.25) is 9.59 Å². The Morgan fingerprint density at radius 3 is 1.50 bits per heavy atom. The lowest BCUT2D eigenvalue weighted by Gasteiger charge is -2.07. The van der Waals surface area contributed by atoms with Gasteiger partial charge in [0, 0.05) is 9.79 Å². The summed E-state index contributed by atoms with van der Waals surface area (Å²) in [6.07, 6.45) is 0. The van der Waals surface area contributed by atoms with Crippen LogP contribution in [-0.2, 0) is 0 Å². The number of hydrogen-bond donors (Lipinski definition) is 0. The second kappa shape index (κ2) is 5.97. The summed E-state index contributed by atoms with van der Waals surface area (Å²) in [5, 5.41) is 1.75. The van der Waals surface area contributed by atoms with Crippen molar-refractivity contribution in [3.8, 4) is 0 Å². The molecule has 2 nitrogen and oxygen atoms in total. The van der Waals surface area contributed by atoms with E-state index in [9.17, 15) is 9.59 Å². The molecule has 0 amide bonds. The molecule has 18 heavy (non-hydrogen) atoms. The van der Waals surface area contributed by atoms with Crippen molar-refractivity contribution in [1.82, 2.24) is 0 Å². The van der Waals surface area contributed by atoms with Crippen LogP contribution in [0.2, 0.25) is 0 Å². The maximum atomic E-state index is 11.0. The van der Waals surface area contributed by atoms with Gasteiger partial charge in [-0.25, -0.2) is 0 Å². The Hall–Kier alpha value is -0.680. The average molecular weight is 317 g/mol. The molecule has 0 saturated heterocycles. The van der Waals surface area contributed by atoms with Gasteiger partial charge < -0.3 is 0 Å². The van der Waals surface area contributed by atoms with E-state index >= 15 is 0 Å². The minimum absolute atomic E-state index is 0.492. The molecule has 0 aliphatic carbocycles. The second-order valence-corrected chi connectivity index (χ2v) is 6.45. The first-order valence-electron chi connectivity index (χ1n) is 4.84. The third-order valence-electron chi connectivity index (χ3n) is 2.22. The number of carbonyl (C=O) groups is 2. The quantitative estimate of drug-likeness (QED) is 0.522. The number of fused-ring (bicyclic) bond motifs is 1. The Morgan fingerprint density at radius 1 is 0.778 bits per heavy atom. The first-order valence-corrected chi connectivity index (χ1v) is 7.23. The smallest absolute Gasteiger partial charge is 0.268 e. The Morgan fingerprint density at radius 2 is 1.17 bits per heavy atom. The largest absolute Gasteiger partial charge is 0.284 e. The van der Waals surface area contributed by atoms with E-state index in [-0.39, 0.29) is 0 Å². The Labute approximate surface area is 122 Å². The fourth-order valence-electron chi connectivity index (χ4n) is 1.60. The van der Waals surface area contributed by atoms with Crippen molar-refractivity contribution in [2.75, 3.05) is 0 Å². The van der Waals surface area contributed by atoms with E-state index < -0.39 is 9.15 Å². The van der Waals surface area contributed by atoms with E-state index in [0.29, 0.717) is 0 Å². The SMILES string of the molecule is O=C(Cl)Sc1cccc2c(SC(=O)Cl)cccc12. The number of halogens is 2. The predicted molar refractivity (Wildman–Crippen MR) is 78.2 cm³/mol. The third kappa shape index (κ3) is 3.20. The van der Waals surface area contributed by atoms with E-state index in [1.165, 1.54) is 0 Å². The van der Waals surface area contributed by atoms with Gasteiger partial charge in [-0.2, -0.15) is 0 Å². The standard InChI is InChI=1S/C12H6Cl2O2S2/c13-11(15)17-9-5-1-3-7-8(9)4-2-6-10(7)18-12(14)16/h1-6H. The van der Waals surface area contributed by atoms with Crippen LogP contribution in [0.5, 0.6) is 0 Å². The van der Waals surface area contributed by atoms with Gasteiger partial charge in [0.25, 0.3) is 9.15 Å². The van der Waals surface area contributed by atoms with E-state index in [4.69, 9.17) is 23.2 Å². The highest BCUT2D eigenvalue weighted by atomic mass is 35.5. The van der Waals surface area contributed by atoms with Crippen LogP contribution in [0.1, 0.15) is 0 Å². The topological polar surface area (TPSA) is 34.1 Å². The monoisotopic (exact) mass is 316 g/mol. The van der Waals surface area contributed by atoms with Crippen LogP contribution in [0.3, 0.4) is 0 Å². The van der Waals surface area contributed by atoms with Crippen molar-refractivity contribution in [1.29, 1.82) is 0 Å². The average Bonchev–Trinajstić information content (AvgIpc) is 2.29. The molecule has 0 spiro atoms. The molecule has 0 N–H and O–H groups in total. The Bertz CT molecular complexity index is 573. The zero-order valence-corrected chi connectivity index (χ0v) is 12.0. The fourth-order valence-corrected chi connectivity index (χ4v) is 3.32. The molecule has 0 bridgehead atoms. The van der Waals surface area contributed by atoms with Gasteiger partial charge >= 0.3 is 0 Å². The molecular weight excluding hydrogens is 311 g/mol. The normalized spacial score (nSPS) is 10.6. The van der Waals surface area contributed by atoms with Crippen LogP contribution in [0.4, 0.5) is 9.59 Å². The van der Waals surface area contributed by atoms with Crippen molar-refractivity contribution >= 4 is 66.6 Å². The van der Waals surface area contributed by atoms with Gasteiger partial charge in [-0.05, 0) is 69.6 Å². The lowest BCUT2D eigenvalue weighted by molar-refractivity contribution is 0.275. The maximum Gasteiger partial charge on any atom is 0.284 e. The third-order valence-corrected chi connectivity index (χ3v) is 4.16. The maximum absolute atomic E-state index is 11.0. The number of carbonyl (C=O) groups excluding carboxylic acids is 2. The van der Waals surface area contributed by atoms with Crippen molar-refractivity contribution in [3.05, 3.63) is 36.4 Å². The molecule has 0 unspecified atom stereocenters. The molecule has 0 aliphatic rings. The summed E-state index contributed by atoms with van der Waals surface area (Å²) in [4.78, 5) is 23.5. The molecule has 0 heterocycles. The van der Waals surface area contributed by atoms with E-state index in [1.54, 1.807) is 0 Å². The lowest BCUT2D eigenvalue weighted by atomic mass is 10.1. The molecule has 0 atom stereocenters. The predicted octanol–water partition coefficient (Wildman–Crippen LogP) is 5.74. The number of hydrogen-bond acceptors (Lipinski definition) is 4. The molecule has 0 aromatic heterocycles. The summed E-state index contributed by atoms with van der Waals surface area (Å²) in [5.41, 5.74) is 0. The summed E-state index contributed by atoms with van der Waals surface area (Å²) < 4.78 is -0.983. The zero-order valence-electron chi connectivity index (χ0n) is 8.85. The van der Waals surface area contributed by atoms with Gasteiger partial charge in [0.2, 0.25) is 0 Å². The number of thioether (sulfide) groups is 2.